The summed E-state index contributed by atoms with van der Waals surface area (Å²) in [5.41, 5.74) is 2.50. The van der Waals surface area contributed by atoms with Crippen molar-refractivity contribution in [1.82, 2.24) is 5.32 Å². The number of hydrogen-bond acceptors (Lipinski definition) is 2. The number of hydrogen-bond donors (Lipinski definition) is 2. The highest BCUT2D eigenvalue weighted by Crippen LogP contribution is 2.10. The summed E-state index contributed by atoms with van der Waals surface area (Å²) in [7, 11) is 0. The first kappa shape index (κ1) is 15.2. The average Bonchev–Trinajstić information content (AvgIpc) is 2.32. The number of nitrogens with one attached hydrogen (secondary N) is 1. The van der Waals surface area contributed by atoms with Crippen molar-refractivity contribution in [3.05, 3.63) is 34.9 Å². The van der Waals surface area contributed by atoms with Gasteiger partial charge in [0.2, 0.25) is 0 Å². The predicted molar refractivity (Wildman–Crippen MR) is 74.3 cm³/mol. The molecular weight excluding hydrogens is 242 g/mol. The van der Waals surface area contributed by atoms with Crippen molar-refractivity contribution >= 4 is 11.9 Å². The van der Waals surface area contributed by atoms with E-state index in [-0.39, 0.29) is 5.91 Å². The summed E-state index contributed by atoms with van der Waals surface area (Å²) in [4.78, 5) is 23.1. The van der Waals surface area contributed by atoms with Crippen LogP contribution in [0.4, 0.5) is 0 Å². The molecule has 2 N–H and O–H groups in total. The van der Waals surface area contributed by atoms with E-state index in [0.29, 0.717) is 12.0 Å². The SMILES string of the molecule is CCCC[C@@H](NC(=O)c1cc(C)cc(C)c1)C(=O)O. The molecular formula is C15H21NO3. The zero-order valence-electron chi connectivity index (χ0n) is 11.7. The van der Waals surface area contributed by atoms with Crippen molar-refractivity contribution in [2.45, 2.75) is 46.1 Å². The third-order valence-electron chi connectivity index (χ3n) is 2.93. The number of carboxylic acid groups (broad SMARTS) is 1. The third-order valence-corrected chi connectivity index (χ3v) is 2.93. The Hall–Kier alpha value is -1.84. The Kier molecular flexibility index (Phi) is 5.55. The van der Waals surface area contributed by atoms with Gasteiger partial charge in [-0.25, -0.2) is 4.79 Å². The van der Waals surface area contributed by atoms with Crippen LogP contribution in [0.15, 0.2) is 18.2 Å². The minimum absolute atomic E-state index is 0.324. The number of aryl methyl sites for hydroxylation is 2. The Morgan fingerprint density at radius 2 is 1.79 bits per heavy atom. The Bertz CT molecular complexity index is 448. The lowest BCUT2D eigenvalue weighted by Gasteiger charge is -2.14. The molecule has 0 bridgehead atoms. The number of benzene rings is 1. The Labute approximate surface area is 113 Å². The molecule has 1 atom stereocenters. The number of amides is 1. The molecule has 0 saturated carbocycles. The van der Waals surface area contributed by atoms with Gasteiger partial charge in [0.1, 0.15) is 6.04 Å². The Morgan fingerprint density at radius 3 is 2.26 bits per heavy atom. The molecule has 0 aromatic heterocycles. The van der Waals surface area contributed by atoms with Gasteiger partial charge in [0.05, 0.1) is 0 Å². The van der Waals surface area contributed by atoms with Gasteiger partial charge in [-0.05, 0) is 32.4 Å². The van der Waals surface area contributed by atoms with Crippen molar-refractivity contribution < 1.29 is 14.7 Å². The molecule has 1 aromatic carbocycles. The highest BCUT2D eigenvalue weighted by atomic mass is 16.4. The van der Waals surface area contributed by atoms with E-state index >= 15 is 0 Å². The molecule has 0 radical (unpaired) electrons. The van der Waals surface area contributed by atoms with E-state index in [4.69, 9.17) is 5.11 Å². The monoisotopic (exact) mass is 263 g/mol. The molecule has 4 nitrogen and oxygen atoms in total. The molecule has 1 rings (SSSR count). The minimum atomic E-state index is -0.980. The van der Waals surface area contributed by atoms with Crippen LogP contribution in [0.25, 0.3) is 0 Å². The average molecular weight is 263 g/mol. The maximum atomic E-state index is 12.1. The second-order valence-electron chi connectivity index (χ2n) is 4.88. The smallest absolute Gasteiger partial charge is 0.326 e. The summed E-state index contributed by atoms with van der Waals surface area (Å²) in [6.45, 7) is 5.82. The zero-order valence-corrected chi connectivity index (χ0v) is 11.7. The first-order chi connectivity index (χ1) is 8.93. The van der Waals surface area contributed by atoms with Crippen LogP contribution in [0, 0.1) is 13.8 Å². The lowest BCUT2D eigenvalue weighted by atomic mass is 10.1. The molecule has 0 aliphatic carbocycles. The van der Waals surface area contributed by atoms with Gasteiger partial charge in [0.25, 0.3) is 5.91 Å². The summed E-state index contributed by atoms with van der Waals surface area (Å²) in [5, 5.41) is 11.7. The fourth-order valence-corrected chi connectivity index (χ4v) is 2.01. The van der Waals surface area contributed by atoms with Crippen LogP contribution >= 0.6 is 0 Å². The lowest BCUT2D eigenvalue weighted by molar-refractivity contribution is -0.139. The van der Waals surface area contributed by atoms with Crippen molar-refractivity contribution in [2.24, 2.45) is 0 Å². The number of aliphatic carboxylic acids is 1. The molecule has 0 saturated heterocycles. The van der Waals surface area contributed by atoms with Crippen LogP contribution in [-0.2, 0) is 4.79 Å². The van der Waals surface area contributed by atoms with E-state index in [1.807, 2.05) is 26.8 Å². The third kappa shape index (κ3) is 4.73. The molecule has 0 aliphatic rings. The van der Waals surface area contributed by atoms with E-state index < -0.39 is 12.0 Å². The van der Waals surface area contributed by atoms with Gasteiger partial charge in [-0.2, -0.15) is 0 Å². The molecule has 1 aromatic rings. The maximum Gasteiger partial charge on any atom is 0.326 e. The van der Waals surface area contributed by atoms with Gasteiger partial charge < -0.3 is 10.4 Å². The lowest BCUT2D eigenvalue weighted by Crippen LogP contribution is -2.40. The molecule has 0 aliphatic heterocycles. The quantitative estimate of drug-likeness (QED) is 0.829. The van der Waals surface area contributed by atoms with Crippen LogP contribution in [0.1, 0.15) is 47.7 Å². The minimum Gasteiger partial charge on any atom is -0.480 e. The van der Waals surface area contributed by atoms with Gasteiger partial charge >= 0.3 is 5.97 Å². The fraction of sp³-hybridized carbons (Fsp3) is 0.467. The van der Waals surface area contributed by atoms with Crippen molar-refractivity contribution in [2.75, 3.05) is 0 Å². The van der Waals surface area contributed by atoms with Gasteiger partial charge in [-0.15, -0.1) is 0 Å². The van der Waals surface area contributed by atoms with E-state index in [2.05, 4.69) is 5.32 Å². The zero-order chi connectivity index (χ0) is 14.4. The number of carbonyl (C=O) groups is 2. The topological polar surface area (TPSA) is 66.4 Å². The molecule has 104 valence electrons. The second kappa shape index (κ2) is 6.92. The first-order valence-corrected chi connectivity index (χ1v) is 6.56. The first-order valence-electron chi connectivity index (χ1n) is 6.56. The summed E-state index contributed by atoms with van der Waals surface area (Å²) in [5.74, 6) is -1.30. The van der Waals surface area contributed by atoms with E-state index in [9.17, 15) is 9.59 Å². The largest absolute Gasteiger partial charge is 0.480 e. The normalized spacial score (nSPS) is 11.9. The van der Waals surface area contributed by atoms with Crippen LogP contribution in [0.2, 0.25) is 0 Å². The summed E-state index contributed by atoms with van der Waals surface area (Å²) in [6, 6.07) is 4.69. The van der Waals surface area contributed by atoms with E-state index in [1.54, 1.807) is 12.1 Å². The molecule has 0 unspecified atom stereocenters. The summed E-state index contributed by atoms with van der Waals surface area (Å²) in [6.07, 6.45) is 2.15. The Balaban J connectivity index is 2.78. The molecule has 0 spiro atoms. The molecule has 1 amide bonds. The van der Waals surface area contributed by atoms with E-state index in [0.717, 1.165) is 24.0 Å². The fourth-order valence-electron chi connectivity index (χ4n) is 2.01. The van der Waals surface area contributed by atoms with Crippen molar-refractivity contribution in [1.29, 1.82) is 0 Å². The van der Waals surface area contributed by atoms with Gasteiger partial charge in [0.15, 0.2) is 0 Å². The maximum absolute atomic E-state index is 12.1. The van der Waals surface area contributed by atoms with Gasteiger partial charge in [-0.1, -0.05) is 37.0 Å². The number of unbranched alkanes of at least 4 members (excludes halogenated alkanes) is 1. The molecule has 4 heteroatoms. The molecule has 0 heterocycles. The van der Waals surface area contributed by atoms with Crippen LogP contribution in [0.3, 0.4) is 0 Å². The predicted octanol–water partition coefficient (Wildman–Crippen LogP) is 2.68. The van der Waals surface area contributed by atoms with Crippen molar-refractivity contribution in [3.8, 4) is 0 Å². The standard InChI is InChI=1S/C15H21NO3/c1-4-5-6-13(15(18)19)16-14(17)12-8-10(2)7-11(3)9-12/h7-9,13H,4-6H2,1-3H3,(H,16,17)(H,18,19)/t13-/m1/s1. The summed E-state index contributed by atoms with van der Waals surface area (Å²) < 4.78 is 0. The molecule has 0 fully saturated rings. The number of carboxylic acids is 1. The molecule has 19 heavy (non-hydrogen) atoms. The number of carbonyl (C=O) groups excluding carboxylic acids is 1. The van der Waals surface area contributed by atoms with Crippen LogP contribution < -0.4 is 5.32 Å². The van der Waals surface area contributed by atoms with Gasteiger partial charge in [0, 0.05) is 5.56 Å². The van der Waals surface area contributed by atoms with Gasteiger partial charge in [-0.3, -0.25) is 4.79 Å². The van der Waals surface area contributed by atoms with Crippen LogP contribution in [0.5, 0.6) is 0 Å². The van der Waals surface area contributed by atoms with E-state index in [1.165, 1.54) is 0 Å². The Morgan fingerprint density at radius 1 is 1.21 bits per heavy atom. The second-order valence-corrected chi connectivity index (χ2v) is 4.88. The van der Waals surface area contributed by atoms with Crippen molar-refractivity contribution in [3.63, 3.8) is 0 Å². The summed E-state index contributed by atoms with van der Waals surface area (Å²) >= 11 is 0. The highest BCUT2D eigenvalue weighted by molar-refractivity contribution is 5.96. The highest BCUT2D eigenvalue weighted by Gasteiger charge is 2.20. The van der Waals surface area contributed by atoms with Crippen LogP contribution in [-0.4, -0.2) is 23.0 Å². The number of rotatable bonds is 6.